The van der Waals surface area contributed by atoms with Crippen LogP contribution in [0.1, 0.15) is 16.8 Å². The van der Waals surface area contributed by atoms with Crippen molar-refractivity contribution in [3.05, 3.63) is 52.5 Å². The first-order valence-corrected chi connectivity index (χ1v) is 11.6. The van der Waals surface area contributed by atoms with Gasteiger partial charge in [-0.2, -0.15) is 0 Å². The van der Waals surface area contributed by atoms with E-state index in [4.69, 9.17) is 17.3 Å². The van der Waals surface area contributed by atoms with Gasteiger partial charge in [-0.05, 0) is 36.1 Å². The van der Waals surface area contributed by atoms with Gasteiger partial charge in [0.2, 0.25) is 0 Å². The second-order valence-corrected chi connectivity index (χ2v) is 9.38. The number of aliphatic imine (C=N–C) groups is 1. The zero-order valence-electron chi connectivity index (χ0n) is 16.2. The number of nitrogens with one attached hydrogen (secondary N) is 3. The first-order valence-electron chi connectivity index (χ1n) is 9.44. The maximum absolute atomic E-state index is 12.2. The Morgan fingerprint density at radius 1 is 1.26 bits per heavy atom. The zero-order valence-corrected chi connectivity index (χ0v) is 18.6. The Kier molecular flexibility index (Phi) is 6.59. The molecule has 3 amide bonds. The Morgan fingerprint density at radius 2 is 2.13 bits per heavy atom. The summed E-state index contributed by atoms with van der Waals surface area (Å²) < 4.78 is 0.909. The lowest BCUT2D eigenvalue weighted by molar-refractivity contribution is 0.100. The van der Waals surface area contributed by atoms with Crippen LogP contribution in [0.3, 0.4) is 0 Å². The van der Waals surface area contributed by atoms with Gasteiger partial charge in [0.05, 0.1) is 28.0 Å². The Bertz CT molecular complexity index is 1170. The van der Waals surface area contributed by atoms with Gasteiger partial charge in [0.15, 0.2) is 5.17 Å². The van der Waals surface area contributed by atoms with E-state index in [1.165, 1.54) is 29.3 Å². The molecule has 1 atom stereocenters. The highest BCUT2D eigenvalue weighted by atomic mass is 35.5. The molecule has 0 radical (unpaired) electrons. The fourth-order valence-electron chi connectivity index (χ4n) is 3.09. The normalized spacial score (nSPS) is 15.5. The lowest BCUT2D eigenvalue weighted by atomic mass is 10.2. The number of aromatic nitrogens is 1. The molecular weight excluding hydrogens is 456 g/mol. The van der Waals surface area contributed by atoms with Crippen LogP contribution in [0.15, 0.2) is 46.9 Å². The molecule has 1 aliphatic rings. The number of fused-ring (bicyclic) bond motifs is 1. The number of pyridine rings is 1. The maximum atomic E-state index is 12.2. The summed E-state index contributed by atoms with van der Waals surface area (Å²) in [5.74, 6) is -0.513. The van der Waals surface area contributed by atoms with E-state index < -0.39 is 5.91 Å². The molecule has 1 unspecified atom stereocenters. The van der Waals surface area contributed by atoms with Gasteiger partial charge < -0.3 is 16.4 Å². The number of primary amides is 1. The number of carbonyl (C=O) groups excluding carboxylic acids is 2. The molecule has 0 bridgehead atoms. The number of nitrogens with two attached hydrogens (primary N) is 1. The molecule has 4 rings (SSSR count). The summed E-state index contributed by atoms with van der Waals surface area (Å²) >= 11 is 8.96. The summed E-state index contributed by atoms with van der Waals surface area (Å²) in [6.45, 7) is 1.24. The van der Waals surface area contributed by atoms with Crippen LogP contribution in [-0.4, -0.2) is 40.4 Å². The smallest absolute Gasteiger partial charge is 0.325 e. The highest BCUT2D eigenvalue weighted by Gasteiger charge is 2.21. The third kappa shape index (κ3) is 5.27. The molecule has 1 aromatic carbocycles. The second kappa shape index (κ2) is 9.54. The van der Waals surface area contributed by atoms with Crippen LogP contribution in [0.25, 0.3) is 10.2 Å². The van der Waals surface area contributed by atoms with Crippen molar-refractivity contribution in [1.29, 1.82) is 0 Å². The van der Waals surface area contributed by atoms with Crippen molar-refractivity contribution >= 4 is 73.4 Å². The predicted molar refractivity (Wildman–Crippen MR) is 129 cm³/mol. The van der Waals surface area contributed by atoms with Crippen LogP contribution in [0.4, 0.5) is 16.2 Å². The third-order valence-corrected chi connectivity index (χ3v) is 6.86. The molecule has 1 aliphatic heterocycles. The number of urea groups is 1. The number of thiophene rings is 1. The van der Waals surface area contributed by atoms with Crippen molar-refractivity contribution in [2.75, 3.05) is 23.7 Å². The fourth-order valence-corrected chi connectivity index (χ4v) is 5.16. The molecule has 8 nitrogen and oxygen atoms in total. The minimum atomic E-state index is -0.513. The molecule has 160 valence electrons. The van der Waals surface area contributed by atoms with Crippen molar-refractivity contribution in [2.24, 2.45) is 10.7 Å². The predicted octanol–water partition coefficient (Wildman–Crippen LogP) is 4.14. The summed E-state index contributed by atoms with van der Waals surface area (Å²) in [5.41, 5.74) is 8.04. The number of amides is 3. The number of benzene rings is 1. The van der Waals surface area contributed by atoms with Gasteiger partial charge in [0.1, 0.15) is 0 Å². The van der Waals surface area contributed by atoms with Gasteiger partial charge >= 0.3 is 6.03 Å². The van der Waals surface area contributed by atoms with Gasteiger partial charge in [0, 0.05) is 28.7 Å². The number of rotatable bonds is 6. The van der Waals surface area contributed by atoms with Crippen LogP contribution >= 0.6 is 34.7 Å². The molecule has 31 heavy (non-hydrogen) atoms. The molecule has 5 N–H and O–H groups in total. The van der Waals surface area contributed by atoms with Crippen molar-refractivity contribution in [3.8, 4) is 0 Å². The number of carbonyl (C=O) groups is 2. The van der Waals surface area contributed by atoms with E-state index in [1.54, 1.807) is 24.3 Å². The van der Waals surface area contributed by atoms with E-state index in [1.807, 2.05) is 11.4 Å². The van der Waals surface area contributed by atoms with E-state index >= 15 is 0 Å². The Balaban J connectivity index is 1.28. The summed E-state index contributed by atoms with van der Waals surface area (Å²) in [6.07, 6.45) is 2.30. The molecule has 0 aliphatic carbocycles. The minimum absolute atomic E-state index is 0.215. The molecule has 2 aromatic heterocycles. The van der Waals surface area contributed by atoms with Crippen LogP contribution in [0, 0.1) is 0 Å². The number of hydrogen-bond donors (Lipinski definition) is 4. The number of hydrogen-bond acceptors (Lipinski definition) is 7. The van der Waals surface area contributed by atoms with Gasteiger partial charge in [0.25, 0.3) is 5.91 Å². The van der Waals surface area contributed by atoms with E-state index in [9.17, 15) is 9.59 Å². The maximum Gasteiger partial charge on any atom is 0.325 e. The van der Waals surface area contributed by atoms with E-state index in [0.717, 1.165) is 22.3 Å². The first-order chi connectivity index (χ1) is 15.0. The lowest BCUT2D eigenvalue weighted by Crippen LogP contribution is -2.32. The Hall–Kier alpha value is -2.82. The van der Waals surface area contributed by atoms with Crippen LogP contribution in [-0.2, 0) is 0 Å². The van der Waals surface area contributed by atoms with Gasteiger partial charge in [-0.3, -0.25) is 20.1 Å². The van der Waals surface area contributed by atoms with Crippen molar-refractivity contribution in [2.45, 2.75) is 11.7 Å². The first kappa shape index (κ1) is 21.4. The quantitative estimate of drug-likeness (QED) is 0.427. The standard InChI is InChI=1S/C20H19ClN6O2S2/c21-11-2-1-3-12(8-11)26-19(29)27-20-25-9-13(31-20)4-6-23-16-14(18(22)28)10-24-15-5-7-30-17(15)16/h1-3,5,7-8,10,13H,4,6,9H2,(H2,22,28)(H,23,24)(H2,25,26,27,29). The fraction of sp³-hybridized carbons (Fsp3) is 0.200. The number of anilines is 2. The van der Waals surface area contributed by atoms with Crippen molar-refractivity contribution < 1.29 is 9.59 Å². The highest BCUT2D eigenvalue weighted by molar-refractivity contribution is 8.14. The largest absolute Gasteiger partial charge is 0.383 e. The average Bonchev–Trinajstić information content (AvgIpc) is 3.37. The van der Waals surface area contributed by atoms with Gasteiger partial charge in [-0.25, -0.2) is 4.79 Å². The number of nitrogens with zero attached hydrogens (tertiary/aromatic N) is 2. The second-order valence-electron chi connectivity index (χ2n) is 6.74. The highest BCUT2D eigenvalue weighted by Crippen LogP contribution is 2.31. The van der Waals surface area contributed by atoms with Crippen LogP contribution in [0.2, 0.25) is 5.02 Å². The van der Waals surface area contributed by atoms with E-state index in [0.29, 0.717) is 34.5 Å². The summed E-state index contributed by atoms with van der Waals surface area (Å²) in [7, 11) is 0. The molecule has 3 aromatic rings. The number of halogens is 1. The Morgan fingerprint density at radius 3 is 2.94 bits per heavy atom. The topological polar surface area (TPSA) is 122 Å². The molecule has 0 saturated carbocycles. The summed E-state index contributed by atoms with van der Waals surface area (Å²) in [5, 5.41) is 12.1. The molecule has 3 heterocycles. The molecule has 11 heteroatoms. The van der Waals surface area contributed by atoms with Crippen LogP contribution < -0.4 is 21.7 Å². The SMILES string of the molecule is NC(=O)c1cnc2ccsc2c1NCCC1CN=C(NC(=O)Nc2cccc(Cl)c2)S1. The van der Waals surface area contributed by atoms with Crippen molar-refractivity contribution in [3.63, 3.8) is 0 Å². The summed E-state index contributed by atoms with van der Waals surface area (Å²) in [4.78, 5) is 32.6. The van der Waals surface area contributed by atoms with Crippen molar-refractivity contribution in [1.82, 2.24) is 10.3 Å². The molecule has 0 spiro atoms. The van der Waals surface area contributed by atoms with E-state index in [2.05, 4.69) is 25.9 Å². The average molecular weight is 475 g/mol. The molecule has 0 saturated heterocycles. The Labute approximate surface area is 191 Å². The van der Waals surface area contributed by atoms with Crippen LogP contribution in [0.5, 0.6) is 0 Å². The van der Waals surface area contributed by atoms with E-state index in [-0.39, 0.29) is 11.3 Å². The third-order valence-electron chi connectivity index (χ3n) is 4.53. The molecular formula is C20H19ClN6O2S2. The minimum Gasteiger partial charge on any atom is -0.383 e. The molecule has 0 fully saturated rings. The zero-order chi connectivity index (χ0) is 21.8. The number of amidine groups is 1. The monoisotopic (exact) mass is 474 g/mol. The summed E-state index contributed by atoms with van der Waals surface area (Å²) in [6, 6.07) is 8.47. The lowest BCUT2D eigenvalue weighted by Gasteiger charge is -2.13. The van der Waals surface area contributed by atoms with Gasteiger partial charge in [-0.1, -0.05) is 29.4 Å². The number of thioether (sulfide) groups is 1. The van der Waals surface area contributed by atoms with Gasteiger partial charge in [-0.15, -0.1) is 11.3 Å².